The molecular weight excluding hydrogens is 312 g/mol. The molecule has 1 aliphatic rings. The van der Waals surface area contributed by atoms with Crippen molar-refractivity contribution in [3.8, 4) is 11.4 Å². The molecule has 124 valence electrons. The molecule has 2 N–H and O–H groups in total. The Bertz CT molecular complexity index is 1030. The number of H-pyrrole nitrogens is 1. The van der Waals surface area contributed by atoms with Crippen molar-refractivity contribution >= 4 is 27.5 Å². The number of hydrogen-bond acceptors (Lipinski definition) is 5. The summed E-state index contributed by atoms with van der Waals surface area (Å²) >= 11 is 0. The second kappa shape index (κ2) is 5.81. The maximum absolute atomic E-state index is 5.00. The quantitative estimate of drug-likeness (QED) is 0.557. The number of pyridine rings is 2. The number of rotatable bonds is 3. The predicted octanol–water partition coefficient (Wildman–Crippen LogP) is 3.92. The molecule has 3 heterocycles. The molecule has 5 rings (SSSR count). The number of aromatic nitrogens is 5. The van der Waals surface area contributed by atoms with Crippen molar-refractivity contribution < 1.29 is 0 Å². The molecular formula is C19H18N6. The van der Waals surface area contributed by atoms with Crippen LogP contribution >= 0.6 is 0 Å². The summed E-state index contributed by atoms with van der Waals surface area (Å²) in [6.07, 6.45) is 10.3. The normalized spacial score (nSPS) is 15.2. The van der Waals surface area contributed by atoms with E-state index in [-0.39, 0.29) is 0 Å². The van der Waals surface area contributed by atoms with Crippen LogP contribution in [0.4, 0.5) is 5.82 Å². The highest BCUT2D eigenvalue weighted by Gasteiger charge is 2.18. The van der Waals surface area contributed by atoms with E-state index in [9.17, 15) is 0 Å². The first-order valence-corrected chi connectivity index (χ1v) is 8.69. The lowest BCUT2D eigenvalue weighted by molar-refractivity contribution is 0.753. The second-order valence-electron chi connectivity index (χ2n) is 6.54. The minimum atomic E-state index is 0.499. The highest BCUT2D eigenvalue weighted by Crippen LogP contribution is 2.34. The zero-order valence-corrected chi connectivity index (χ0v) is 13.7. The van der Waals surface area contributed by atoms with Crippen LogP contribution in [0.2, 0.25) is 0 Å². The van der Waals surface area contributed by atoms with E-state index in [2.05, 4.69) is 31.5 Å². The van der Waals surface area contributed by atoms with Gasteiger partial charge in [-0.2, -0.15) is 5.10 Å². The van der Waals surface area contributed by atoms with E-state index < -0.39 is 0 Å². The predicted molar refractivity (Wildman–Crippen MR) is 98.3 cm³/mol. The molecule has 1 aliphatic carbocycles. The average molecular weight is 330 g/mol. The van der Waals surface area contributed by atoms with Gasteiger partial charge in [-0.15, -0.1) is 0 Å². The topological polar surface area (TPSA) is 79.4 Å². The summed E-state index contributed by atoms with van der Waals surface area (Å²) in [6.45, 7) is 0. The average Bonchev–Trinajstić information content (AvgIpc) is 3.35. The van der Waals surface area contributed by atoms with Gasteiger partial charge in [0.25, 0.3) is 0 Å². The van der Waals surface area contributed by atoms with Crippen molar-refractivity contribution in [2.24, 2.45) is 0 Å². The third kappa shape index (κ3) is 2.41. The zero-order valence-electron chi connectivity index (χ0n) is 13.7. The molecule has 0 aliphatic heterocycles. The third-order valence-corrected chi connectivity index (χ3v) is 4.99. The lowest BCUT2D eigenvalue weighted by Gasteiger charge is -2.16. The van der Waals surface area contributed by atoms with Gasteiger partial charge >= 0.3 is 0 Å². The van der Waals surface area contributed by atoms with Crippen LogP contribution in [-0.2, 0) is 0 Å². The summed E-state index contributed by atoms with van der Waals surface area (Å²) in [4.78, 5) is 13.6. The fraction of sp³-hybridized carbons (Fsp3) is 0.263. The molecule has 0 saturated heterocycles. The van der Waals surface area contributed by atoms with Crippen LogP contribution in [0.3, 0.4) is 0 Å². The Balaban J connectivity index is 1.78. The summed E-state index contributed by atoms with van der Waals surface area (Å²) in [5.41, 5.74) is 1.87. The smallest absolute Gasteiger partial charge is 0.157 e. The highest BCUT2D eigenvalue weighted by atomic mass is 15.2. The number of para-hydroxylation sites is 1. The SMILES string of the molecule is c1cc(-c2ncn[nH]2)c2nc(NC3CCCC3)c3ccncc3c2c1. The summed E-state index contributed by atoms with van der Waals surface area (Å²) in [5.74, 6) is 1.66. The molecule has 1 saturated carbocycles. The van der Waals surface area contributed by atoms with Gasteiger partial charge in [-0.3, -0.25) is 10.1 Å². The van der Waals surface area contributed by atoms with E-state index in [0.29, 0.717) is 6.04 Å². The maximum atomic E-state index is 5.00. The van der Waals surface area contributed by atoms with Gasteiger partial charge < -0.3 is 5.32 Å². The van der Waals surface area contributed by atoms with Gasteiger partial charge in [-0.25, -0.2) is 9.97 Å². The summed E-state index contributed by atoms with van der Waals surface area (Å²) in [7, 11) is 0. The Morgan fingerprint density at radius 3 is 2.80 bits per heavy atom. The molecule has 0 atom stereocenters. The standard InChI is InChI=1S/C19H18N6/c1-2-5-12(4-1)23-19-14-8-9-20-10-16(14)13-6-3-7-15(17(13)24-19)18-21-11-22-25-18/h3,6-12H,1-2,4-5H2,(H,23,24)(H,21,22,25). The molecule has 0 unspecified atom stereocenters. The molecule has 0 spiro atoms. The van der Waals surface area contributed by atoms with E-state index in [4.69, 9.17) is 4.98 Å². The number of anilines is 1. The van der Waals surface area contributed by atoms with Crippen molar-refractivity contribution in [3.05, 3.63) is 43.0 Å². The Morgan fingerprint density at radius 2 is 1.96 bits per heavy atom. The summed E-state index contributed by atoms with van der Waals surface area (Å²) in [6, 6.07) is 8.68. The van der Waals surface area contributed by atoms with Gasteiger partial charge in [0.2, 0.25) is 0 Å². The molecule has 1 aromatic carbocycles. The van der Waals surface area contributed by atoms with Gasteiger partial charge in [0.05, 0.1) is 5.52 Å². The van der Waals surface area contributed by atoms with Crippen LogP contribution < -0.4 is 5.32 Å². The Morgan fingerprint density at radius 1 is 1.04 bits per heavy atom. The lowest BCUT2D eigenvalue weighted by atomic mass is 10.0. The molecule has 6 nitrogen and oxygen atoms in total. The van der Waals surface area contributed by atoms with Gasteiger partial charge in [0, 0.05) is 40.2 Å². The minimum Gasteiger partial charge on any atom is -0.367 e. The Hall–Kier alpha value is -3.02. The number of nitrogens with zero attached hydrogens (tertiary/aromatic N) is 4. The molecule has 4 aromatic rings. The van der Waals surface area contributed by atoms with Gasteiger partial charge in [-0.05, 0) is 25.0 Å². The first-order valence-electron chi connectivity index (χ1n) is 8.69. The van der Waals surface area contributed by atoms with E-state index in [1.165, 1.54) is 32.0 Å². The number of fused-ring (bicyclic) bond motifs is 3. The van der Waals surface area contributed by atoms with Gasteiger partial charge in [-0.1, -0.05) is 25.0 Å². The maximum Gasteiger partial charge on any atom is 0.157 e. The molecule has 0 radical (unpaired) electrons. The van der Waals surface area contributed by atoms with Gasteiger partial charge in [0.15, 0.2) is 5.82 Å². The van der Waals surface area contributed by atoms with E-state index >= 15 is 0 Å². The van der Waals surface area contributed by atoms with Crippen LogP contribution in [-0.4, -0.2) is 31.2 Å². The van der Waals surface area contributed by atoms with Crippen molar-refractivity contribution in [1.82, 2.24) is 25.1 Å². The van der Waals surface area contributed by atoms with Crippen LogP contribution in [0.15, 0.2) is 43.0 Å². The highest BCUT2D eigenvalue weighted by molar-refractivity contribution is 6.12. The van der Waals surface area contributed by atoms with Gasteiger partial charge in [0.1, 0.15) is 12.1 Å². The first-order chi connectivity index (χ1) is 12.4. The molecule has 1 fully saturated rings. The molecule has 6 heteroatoms. The minimum absolute atomic E-state index is 0.499. The molecule has 3 aromatic heterocycles. The van der Waals surface area contributed by atoms with Crippen LogP contribution in [0.5, 0.6) is 0 Å². The second-order valence-corrected chi connectivity index (χ2v) is 6.54. The molecule has 0 bridgehead atoms. The fourth-order valence-corrected chi connectivity index (χ4v) is 3.77. The first kappa shape index (κ1) is 14.3. The van der Waals surface area contributed by atoms with Crippen molar-refractivity contribution in [2.45, 2.75) is 31.7 Å². The number of nitrogens with one attached hydrogen (secondary N) is 2. The van der Waals surface area contributed by atoms with Crippen molar-refractivity contribution in [2.75, 3.05) is 5.32 Å². The van der Waals surface area contributed by atoms with Crippen LogP contribution in [0, 0.1) is 0 Å². The summed E-state index contributed by atoms with van der Waals surface area (Å²) < 4.78 is 0. The van der Waals surface area contributed by atoms with Crippen molar-refractivity contribution in [3.63, 3.8) is 0 Å². The molecule has 25 heavy (non-hydrogen) atoms. The fourth-order valence-electron chi connectivity index (χ4n) is 3.77. The Labute approximate surface area is 144 Å². The number of benzene rings is 1. The third-order valence-electron chi connectivity index (χ3n) is 4.99. The number of hydrogen-bond donors (Lipinski definition) is 2. The lowest BCUT2D eigenvalue weighted by Crippen LogP contribution is -2.16. The van der Waals surface area contributed by atoms with Crippen molar-refractivity contribution in [1.29, 1.82) is 0 Å². The monoisotopic (exact) mass is 330 g/mol. The van der Waals surface area contributed by atoms with Crippen LogP contribution in [0.1, 0.15) is 25.7 Å². The zero-order chi connectivity index (χ0) is 16.6. The largest absolute Gasteiger partial charge is 0.367 e. The van der Waals surface area contributed by atoms with E-state index in [1.54, 1.807) is 0 Å². The van der Waals surface area contributed by atoms with E-state index in [0.717, 1.165) is 38.9 Å². The van der Waals surface area contributed by atoms with E-state index in [1.807, 2.05) is 30.6 Å². The Kier molecular flexibility index (Phi) is 3.33. The molecule has 0 amide bonds. The number of aromatic amines is 1. The van der Waals surface area contributed by atoms with Crippen LogP contribution in [0.25, 0.3) is 33.1 Å². The summed E-state index contributed by atoms with van der Waals surface area (Å²) in [5, 5.41) is 13.9.